The third kappa shape index (κ3) is 2.42. The Bertz CT molecular complexity index is 825. The number of rotatable bonds is 1. The lowest BCUT2D eigenvalue weighted by molar-refractivity contribution is 0.569. The third-order valence-corrected chi connectivity index (χ3v) is 4.55. The van der Waals surface area contributed by atoms with Crippen LogP contribution in [-0.4, -0.2) is 20.3 Å². The molecular weight excluding hydrogens is 296 g/mol. The second kappa shape index (κ2) is 5.25. The van der Waals surface area contributed by atoms with Gasteiger partial charge in [-0.1, -0.05) is 32.5 Å². The number of nitriles is 1. The average molecular weight is 312 g/mol. The molecule has 0 saturated carbocycles. The van der Waals surface area contributed by atoms with Gasteiger partial charge < -0.3 is 0 Å². The normalized spacial score (nSPS) is 13.7. The van der Waals surface area contributed by atoms with E-state index in [1.165, 1.54) is 11.8 Å². The molecule has 0 amide bonds. The first kappa shape index (κ1) is 14.8. The van der Waals surface area contributed by atoms with Gasteiger partial charge in [0.25, 0.3) is 5.56 Å². The maximum absolute atomic E-state index is 12.4. The Morgan fingerprint density at radius 3 is 2.73 bits per heavy atom. The van der Waals surface area contributed by atoms with Gasteiger partial charge in [0.05, 0.1) is 5.69 Å². The summed E-state index contributed by atoms with van der Waals surface area (Å²) in [6.45, 7) is 6.88. The van der Waals surface area contributed by atoms with Crippen molar-refractivity contribution in [1.29, 1.82) is 5.26 Å². The lowest BCUT2D eigenvalue weighted by Gasteiger charge is -2.17. The van der Waals surface area contributed by atoms with E-state index in [1.54, 1.807) is 10.8 Å². The fraction of sp³-hybridized carbons (Fsp3) is 0.375. The molecule has 112 valence electrons. The van der Waals surface area contributed by atoms with Gasteiger partial charge in [-0.3, -0.25) is 14.3 Å². The van der Waals surface area contributed by atoms with Gasteiger partial charge in [-0.05, 0) is 12.1 Å². The van der Waals surface area contributed by atoms with Crippen LogP contribution in [0.15, 0.2) is 28.3 Å². The molecule has 1 aliphatic heterocycles. The number of fused-ring (bicyclic) bond motifs is 1. The molecule has 6 heteroatoms. The van der Waals surface area contributed by atoms with Crippen molar-refractivity contribution in [2.75, 3.05) is 5.75 Å². The Kier molecular flexibility index (Phi) is 3.53. The van der Waals surface area contributed by atoms with E-state index in [2.05, 4.69) is 30.7 Å². The van der Waals surface area contributed by atoms with Crippen molar-refractivity contribution in [2.45, 2.75) is 37.9 Å². The molecule has 0 bridgehead atoms. The number of aromatic nitrogens is 3. The van der Waals surface area contributed by atoms with Crippen LogP contribution >= 0.6 is 11.8 Å². The molecule has 5 nitrogen and oxygen atoms in total. The van der Waals surface area contributed by atoms with E-state index in [0.29, 0.717) is 23.0 Å². The molecule has 0 atom stereocenters. The smallest absolute Gasteiger partial charge is 0.272 e. The van der Waals surface area contributed by atoms with E-state index >= 15 is 0 Å². The molecule has 2 aromatic heterocycles. The van der Waals surface area contributed by atoms with E-state index in [-0.39, 0.29) is 16.5 Å². The number of pyridine rings is 1. The van der Waals surface area contributed by atoms with E-state index < -0.39 is 0 Å². The minimum atomic E-state index is -0.257. The van der Waals surface area contributed by atoms with Gasteiger partial charge in [-0.25, -0.2) is 4.98 Å². The molecule has 0 aliphatic carbocycles. The van der Waals surface area contributed by atoms with Gasteiger partial charge in [0.2, 0.25) is 0 Å². The molecule has 22 heavy (non-hydrogen) atoms. The van der Waals surface area contributed by atoms with Gasteiger partial charge in [-0.2, -0.15) is 5.26 Å². The maximum Gasteiger partial charge on any atom is 0.272 e. The summed E-state index contributed by atoms with van der Waals surface area (Å²) in [5.41, 5.74) is 1.89. The lowest BCUT2D eigenvalue weighted by atomic mass is 9.91. The third-order valence-electron chi connectivity index (χ3n) is 3.60. The Hall–Kier alpha value is -2.13. The molecule has 3 heterocycles. The summed E-state index contributed by atoms with van der Waals surface area (Å²) in [4.78, 5) is 21.3. The first-order valence-electron chi connectivity index (χ1n) is 7.06. The van der Waals surface area contributed by atoms with Crippen LogP contribution < -0.4 is 5.56 Å². The fourth-order valence-corrected chi connectivity index (χ4v) is 3.30. The van der Waals surface area contributed by atoms with Gasteiger partial charge >= 0.3 is 0 Å². The zero-order valence-corrected chi connectivity index (χ0v) is 13.6. The predicted octanol–water partition coefficient (Wildman–Crippen LogP) is 2.58. The number of hydrogen-bond donors (Lipinski definition) is 0. The zero-order valence-electron chi connectivity index (χ0n) is 12.8. The Labute approximate surface area is 133 Å². The highest BCUT2D eigenvalue weighted by molar-refractivity contribution is 7.99. The van der Waals surface area contributed by atoms with Crippen LogP contribution in [0.4, 0.5) is 0 Å². The molecule has 0 N–H and O–H groups in total. The van der Waals surface area contributed by atoms with Crippen molar-refractivity contribution in [3.8, 4) is 17.3 Å². The van der Waals surface area contributed by atoms with Gasteiger partial charge in [0, 0.05) is 35.2 Å². The molecule has 1 aliphatic rings. The summed E-state index contributed by atoms with van der Waals surface area (Å²) in [5, 5.41) is 10.0. The van der Waals surface area contributed by atoms with Gasteiger partial charge in [-0.15, -0.1) is 0 Å². The highest BCUT2D eigenvalue weighted by atomic mass is 32.2. The van der Waals surface area contributed by atoms with Crippen molar-refractivity contribution >= 4 is 11.8 Å². The van der Waals surface area contributed by atoms with E-state index in [4.69, 9.17) is 0 Å². The van der Waals surface area contributed by atoms with Crippen LogP contribution in [0.2, 0.25) is 0 Å². The Balaban J connectivity index is 2.15. The minimum absolute atomic E-state index is 0.0443. The van der Waals surface area contributed by atoms with E-state index in [0.717, 1.165) is 11.4 Å². The van der Waals surface area contributed by atoms with E-state index in [1.807, 2.05) is 18.2 Å². The molecular formula is C16H16N4OS. The SMILES string of the molecule is CC(C)(C)c1ccc(-c2nc3n(c(=O)c2C#N)CCS3)cn1. The van der Waals surface area contributed by atoms with Crippen LogP contribution in [0.1, 0.15) is 32.0 Å². The second-order valence-electron chi connectivity index (χ2n) is 6.22. The quantitative estimate of drug-likeness (QED) is 0.757. The van der Waals surface area contributed by atoms with Gasteiger partial charge in [0.1, 0.15) is 11.6 Å². The second-order valence-corrected chi connectivity index (χ2v) is 7.28. The van der Waals surface area contributed by atoms with Crippen LogP contribution in [0.5, 0.6) is 0 Å². The summed E-state index contributed by atoms with van der Waals surface area (Å²) in [5.74, 6) is 0.817. The van der Waals surface area contributed by atoms with Crippen molar-refractivity contribution in [3.05, 3.63) is 39.9 Å². The lowest BCUT2D eigenvalue weighted by Crippen LogP contribution is -2.24. The summed E-state index contributed by atoms with van der Waals surface area (Å²) in [7, 11) is 0. The Morgan fingerprint density at radius 2 is 2.14 bits per heavy atom. The summed E-state index contributed by atoms with van der Waals surface area (Å²) >= 11 is 1.54. The average Bonchev–Trinajstić information content (AvgIpc) is 2.95. The summed E-state index contributed by atoms with van der Waals surface area (Å²) in [6.07, 6.45) is 1.69. The molecule has 0 saturated heterocycles. The summed E-state index contributed by atoms with van der Waals surface area (Å²) in [6, 6.07) is 5.81. The van der Waals surface area contributed by atoms with Gasteiger partial charge in [0.15, 0.2) is 5.16 Å². The van der Waals surface area contributed by atoms with Crippen LogP contribution in [0.25, 0.3) is 11.3 Å². The minimum Gasteiger partial charge on any atom is -0.286 e. The summed E-state index contributed by atoms with van der Waals surface area (Å²) < 4.78 is 1.57. The molecule has 0 radical (unpaired) electrons. The maximum atomic E-state index is 12.4. The molecule has 0 unspecified atom stereocenters. The topological polar surface area (TPSA) is 71.6 Å². The zero-order chi connectivity index (χ0) is 15.9. The largest absolute Gasteiger partial charge is 0.286 e. The molecule has 0 spiro atoms. The standard InChI is InChI=1S/C16H16N4OS/c1-16(2,3)12-5-4-10(9-18-12)13-11(8-17)14(21)20-6-7-22-15(20)19-13/h4-5,9H,6-7H2,1-3H3. The first-order valence-corrected chi connectivity index (χ1v) is 8.05. The molecule has 3 rings (SSSR count). The monoisotopic (exact) mass is 312 g/mol. The highest BCUT2D eigenvalue weighted by Crippen LogP contribution is 2.28. The number of thioether (sulfide) groups is 1. The Morgan fingerprint density at radius 1 is 1.36 bits per heavy atom. The van der Waals surface area contributed by atoms with Crippen LogP contribution in [-0.2, 0) is 12.0 Å². The fourth-order valence-electron chi connectivity index (χ4n) is 2.36. The number of hydrogen-bond acceptors (Lipinski definition) is 5. The molecule has 0 aromatic carbocycles. The van der Waals surface area contributed by atoms with Crippen molar-refractivity contribution in [1.82, 2.24) is 14.5 Å². The first-order chi connectivity index (χ1) is 10.4. The predicted molar refractivity (Wildman–Crippen MR) is 85.9 cm³/mol. The number of nitrogens with zero attached hydrogens (tertiary/aromatic N) is 4. The molecule has 2 aromatic rings. The molecule has 0 fully saturated rings. The van der Waals surface area contributed by atoms with Crippen LogP contribution in [0.3, 0.4) is 0 Å². The van der Waals surface area contributed by atoms with Crippen molar-refractivity contribution < 1.29 is 0 Å². The highest BCUT2D eigenvalue weighted by Gasteiger charge is 2.22. The van der Waals surface area contributed by atoms with Crippen molar-refractivity contribution in [2.24, 2.45) is 0 Å². The van der Waals surface area contributed by atoms with E-state index in [9.17, 15) is 10.1 Å². The van der Waals surface area contributed by atoms with Crippen LogP contribution in [0, 0.1) is 11.3 Å². The van der Waals surface area contributed by atoms with Crippen molar-refractivity contribution in [3.63, 3.8) is 0 Å².